The van der Waals surface area contributed by atoms with Crippen molar-refractivity contribution in [2.45, 2.75) is 31.7 Å². The molecule has 9 aromatic rings. The van der Waals surface area contributed by atoms with Crippen molar-refractivity contribution in [2.75, 3.05) is 62.9 Å². The Morgan fingerprint density at radius 2 is 0.987 bits per heavy atom. The maximum Gasteiger partial charge on any atom is 0.272 e. The maximum atomic E-state index is 13.5. The zero-order valence-electron chi connectivity index (χ0n) is 44.3. The van der Waals surface area contributed by atoms with Gasteiger partial charge in [0.1, 0.15) is 41.8 Å². The largest absolute Gasteiger partial charge is 0.490 e. The van der Waals surface area contributed by atoms with Crippen LogP contribution in [0.3, 0.4) is 0 Å². The number of carbonyl (C=O) groups is 6. The molecule has 2 aromatic carbocycles. The van der Waals surface area contributed by atoms with Crippen LogP contribution >= 0.6 is 0 Å². The smallest absolute Gasteiger partial charge is 0.272 e. The molecule has 0 atom stereocenters. The zero-order valence-corrected chi connectivity index (χ0v) is 44.3. The molecule has 0 saturated carbocycles. The molecule has 0 saturated heterocycles. The van der Waals surface area contributed by atoms with E-state index in [2.05, 4.69) is 51.8 Å². The van der Waals surface area contributed by atoms with Crippen molar-refractivity contribution in [1.82, 2.24) is 54.5 Å². The molecule has 9 rings (SSSR count). The SMILES string of the molecule is CN(C)CCCNC(=O)CCNC(=O)c1cc(NC(=O)c2cc(NC(=O)c3cc(NC(=O)CCC(=O)NC(COc4cnc5c(ccc6cccnc65)c4)COc4cnc5c(ccc6cccnc65)c4)cn3C)cn2C)cn1C. The summed E-state index contributed by atoms with van der Waals surface area (Å²) >= 11 is 0. The zero-order chi connectivity index (χ0) is 55.6. The van der Waals surface area contributed by atoms with Gasteiger partial charge in [-0.3, -0.25) is 48.7 Å². The summed E-state index contributed by atoms with van der Waals surface area (Å²) < 4.78 is 17.0. The lowest BCUT2D eigenvalue weighted by Gasteiger charge is -2.20. The second-order valence-electron chi connectivity index (χ2n) is 19.3. The molecule has 7 heterocycles. The highest BCUT2D eigenvalue weighted by molar-refractivity contribution is 6.08. The highest BCUT2D eigenvalue weighted by atomic mass is 16.5. The quantitative estimate of drug-likeness (QED) is 0.0320. The first-order valence-corrected chi connectivity index (χ1v) is 25.6. The molecular weight excluding hydrogens is 1010 g/mol. The number of hydrogen-bond donors (Lipinski definition) is 6. The molecule has 0 aliphatic heterocycles. The summed E-state index contributed by atoms with van der Waals surface area (Å²) in [5.74, 6) is -1.48. The van der Waals surface area contributed by atoms with Crippen molar-refractivity contribution in [2.24, 2.45) is 21.1 Å². The summed E-state index contributed by atoms with van der Waals surface area (Å²) in [5.41, 5.74) is 4.76. The number of hydrogen-bond acceptors (Lipinski definition) is 13. The predicted octanol–water partition coefficient (Wildman–Crippen LogP) is 5.95. The van der Waals surface area contributed by atoms with Crippen molar-refractivity contribution in [3.63, 3.8) is 0 Å². The van der Waals surface area contributed by atoms with Crippen LogP contribution in [-0.2, 0) is 35.5 Å². The lowest BCUT2D eigenvalue weighted by Crippen LogP contribution is -2.43. The van der Waals surface area contributed by atoms with Gasteiger partial charge in [-0.05, 0) is 69.5 Å². The third kappa shape index (κ3) is 13.7. The highest BCUT2D eigenvalue weighted by Crippen LogP contribution is 2.27. The van der Waals surface area contributed by atoms with Crippen molar-refractivity contribution in [3.8, 4) is 11.5 Å². The number of pyridine rings is 4. The Hall–Kier alpha value is -9.70. The average Bonchev–Trinajstić information content (AvgIpc) is 4.15. The van der Waals surface area contributed by atoms with Crippen LogP contribution < -0.4 is 41.4 Å². The van der Waals surface area contributed by atoms with Gasteiger partial charge in [0.15, 0.2) is 0 Å². The van der Waals surface area contributed by atoms with E-state index in [0.29, 0.717) is 35.1 Å². The number of carbonyl (C=O) groups excluding carboxylic acids is 6. The number of aryl methyl sites for hydroxylation is 3. The summed E-state index contributed by atoms with van der Waals surface area (Å²) in [6, 6.07) is 23.1. The van der Waals surface area contributed by atoms with Crippen LogP contribution in [0.25, 0.3) is 43.6 Å². The van der Waals surface area contributed by atoms with Crippen LogP contribution in [0.15, 0.2) is 122 Å². The monoisotopic (exact) mass is 1070 g/mol. The fraction of sp³-hybridized carbons (Fsp3) is 0.263. The van der Waals surface area contributed by atoms with Gasteiger partial charge >= 0.3 is 0 Å². The highest BCUT2D eigenvalue weighted by Gasteiger charge is 2.21. The molecule has 22 heteroatoms. The molecule has 6 amide bonds. The summed E-state index contributed by atoms with van der Waals surface area (Å²) in [6.45, 7) is 1.57. The number of amides is 6. The molecular formula is C57H60N14O8. The van der Waals surface area contributed by atoms with Gasteiger partial charge in [-0.15, -0.1) is 0 Å². The van der Waals surface area contributed by atoms with Gasteiger partial charge in [0, 0.05) is 106 Å². The molecule has 0 spiro atoms. The van der Waals surface area contributed by atoms with Gasteiger partial charge in [0.05, 0.1) is 57.6 Å². The molecule has 0 fully saturated rings. The predicted molar refractivity (Wildman–Crippen MR) is 300 cm³/mol. The molecule has 0 aliphatic rings. The number of nitrogens with one attached hydrogen (secondary N) is 6. The van der Waals surface area contributed by atoms with Gasteiger partial charge in [-0.1, -0.05) is 36.4 Å². The van der Waals surface area contributed by atoms with Gasteiger partial charge in [0.2, 0.25) is 17.7 Å². The Bertz CT molecular complexity index is 3630. The Kier molecular flexibility index (Phi) is 16.8. The first-order valence-electron chi connectivity index (χ1n) is 25.6. The van der Waals surface area contributed by atoms with E-state index in [-0.39, 0.29) is 62.0 Å². The van der Waals surface area contributed by atoms with Crippen molar-refractivity contribution >= 4 is 96.1 Å². The minimum atomic E-state index is -0.665. The van der Waals surface area contributed by atoms with Crippen LogP contribution in [0.5, 0.6) is 11.5 Å². The first-order chi connectivity index (χ1) is 38.1. The fourth-order valence-corrected chi connectivity index (χ4v) is 8.92. The molecule has 0 radical (unpaired) electrons. The lowest BCUT2D eigenvalue weighted by molar-refractivity contribution is -0.125. The van der Waals surface area contributed by atoms with Crippen LogP contribution in [0.1, 0.15) is 57.1 Å². The summed E-state index contributed by atoms with van der Waals surface area (Å²) in [4.78, 5) is 99.1. The summed E-state index contributed by atoms with van der Waals surface area (Å²) in [5, 5.41) is 20.5. The normalized spacial score (nSPS) is 11.3. The lowest BCUT2D eigenvalue weighted by atomic mass is 10.1. The third-order valence-electron chi connectivity index (χ3n) is 12.9. The average molecular weight is 1070 g/mol. The van der Waals surface area contributed by atoms with E-state index in [1.54, 1.807) is 78.2 Å². The molecule has 0 unspecified atom stereocenters. The molecule has 7 aromatic heterocycles. The Balaban J connectivity index is 0.766. The van der Waals surface area contributed by atoms with E-state index in [1.807, 2.05) is 79.7 Å². The number of aromatic nitrogens is 7. The molecule has 22 nitrogen and oxygen atoms in total. The first kappa shape index (κ1) is 54.1. The van der Waals surface area contributed by atoms with Crippen molar-refractivity contribution in [3.05, 3.63) is 139 Å². The van der Waals surface area contributed by atoms with Gasteiger partial charge in [0.25, 0.3) is 17.7 Å². The molecule has 0 bridgehead atoms. The van der Waals surface area contributed by atoms with E-state index in [9.17, 15) is 28.8 Å². The van der Waals surface area contributed by atoms with E-state index in [1.165, 1.54) is 18.2 Å². The summed E-state index contributed by atoms with van der Waals surface area (Å²) in [6.07, 6.45) is 12.0. The third-order valence-corrected chi connectivity index (χ3v) is 12.9. The van der Waals surface area contributed by atoms with Crippen molar-refractivity contribution in [1.29, 1.82) is 0 Å². The van der Waals surface area contributed by atoms with Crippen LogP contribution in [0, 0.1) is 0 Å². The maximum absolute atomic E-state index is 13.5. The fourth-order valence-electron chi connectivity index (χ4n) is 8.92. The number of nitrogens with zero attached hydrogens (tertiary/aromatic N) is 8. The second kappa shape index (κ2) is 24.5. The standard InChI is InChI=1S/C57H60N14O8/c1-68(2)22-8-20-58-48(72)17-21-61-55(75)45-26-40(31-69(45)3)66-57(77)47-27-41(32-71(47)5)67-56(76)46-25-39(30-70(46)4)64-49(73)15-16-50(74)65-42(33-78-43-23-37-13-11-35-9-6-18-59-51(35)53(37)62-28-43)34-79-44-24-38-14-12-36-10-7-19-60-52(36)54(38)63-29-44/h6-7,9-14,18-19,23-32,42H,8,15-17,20-22,33-34H2,1-5H3,(H,58,72)(H,61,75)(H,64,73)(H,65,74)(H,66,77)(H,67,76). The van der Waals surface area contributed by atoms with Crippen LogP contribution in [0.2, 0.25) is 0 Å². The van der Waals surface area contributed by atoms with Gasteiger partial charge in [-0.2, -0.15) is 0 Å². The minimum absolute atomic E-state index is 0.0117. The van der Waals surface area contributed by atoms with E-state index in [0.717, 1.165) is 56.6 Å². The molecule has 6 N–H and O–H groups in total. The van der Waals surface area contributed by atoms with Crippen LogP contribution in [-0.4, -0.2) is 127 Å². The Morgan fingerprint density at radius 1 is 0.519 bits per heavy atom. The molecule has 79 heavy (non-hydrogen) atoms. The van der Waals surface area contributed by atoms with Gasteiger partial charge < -0.3 is 60.0 Å². The number of fused-ring (bicyclic) bond motifs is 6. The van der Waals surface area contributed by atoms with E-state index >= 15 is 0 Å². The topological polar surface area (TPSA) is 263 Å². The minimum Gasteiger partial charge on any atom is -0.490 e. The number of benzene rings is 2. The Labute approximate surface area is 453 Å². The van der Waals surface area contributed by atoms with Gasteiger partial charge in [-0.25, -0.2) is 0 Å². The number of ether oxygens (including phenoxy) is 2. The molecule has 0 aliphatic carbocycles. The van der Waals surface area contributed by atoms with E-state index in [4.69, 9.17) is 9.47 Å². The summed E-state index contributed by atoms with van der Waals surface area (Å²) in [7, 11) is 8.89. The van der Waals surface area contributed by atoms with E-state index < -0.39 is 35.6 Å². The van der Waals surface area contributed by atoms with Crippen molar-refractivity contribution < 1.29 is 38.2 Å². The second-order valence-corrected chi connectivity index (χ2v) is 19.3. The van der Waals surface area contributed by atoms with Crippen LogP contribution in [0.4, 0.5) is 17.1 Å². The molecule has 406 valence electrons. The number of rotatable bonds is 23. The Morgan fingerprint density at radius 3 is 1.51 bits per heavy atom. The number of anilines is 3.